The van der Waals surface area contributed by atoms with Crippen LogP contribution in [0.3, 0.4) is 0 Å². The first-order valence-corrected chi connectivity index (χ1v) is 7.53. The van der Waals surface area contributed by atoms with Crippen molar-refractivity contribution in [2.75, 3.05) is 12.8 Å². The van der Waals surface area contributed by atoms with Crippen molar-refractivity contribution in [3.63, 3.8) is 0 Å². The molecule has 1 aliphatic rings. The van der Waals surface area contributed by atoms with E-state index in [0.29, 0.717) is 12.2 Å². The van der Waals surface area contributed by atoms with Crippen LogP contribution in [0.5, 0.6) is 5.75 Å². The highest BCUT2D eigenvalue weighted by Crippen LogP contribution is 2.23. The number of ether oxygens (including phenoxy) is 1. The molecule has 4 heteroatoms. The van der Waals surface area contributed by atoms with E-state index >= 15 is 0 Å². The number of methoxy groups -OCH3 is 1. The van der Waals surface area contributed by atoms with Crippen LogP contribution in [0, 0.1) is 0 Å². The monoisotopic (exact) mass is 283 g/mol. The minimum Gasteiger partial charge on any atom is -0.497 e. The van der Waals surface area contributed by atoms with Crippen LogP contribution in [-0.2, 0) is 19.3 Å². The summed E-state index contributed by atoms with van der Waals surface area (Å²) in [7, 11) is 1.67. The van der Waals surface area contributed by atoms with E-state index in [9.17, 15) is 0 Å². The van der Waals surface area contributed by atoms with Crippen molar-refractivity contribution >= 4 is 5.82 Å². The van der Waals surface area contributed by atoms with Gasteiger partial charge in [0, 0.05) is 17.7 Å². The van der Waals surface area contributed by atoms with Crippen LogP contribution < -0.4 is 10.5 Å². The number of aryl methyl sites for hydroxylation is 1. The van der Waals surface area contributed by atoms with E-state index in [-0.39, 0.29) is 0 Å². The number of anilines is 1. The lowest BCUT2D eigenvalue weighted by Crippen LogP contribution is -2.09. The Morgan fingerprint density at radius 1 is 1.05 bits per heavy atom. The predicted octanol–water partition coefficient (Wildman–Crippen LogP) is 2.93. The summed E-state index contributed by atoms with van der Waals surface area (Å²) < 4.78 is 5.18. The van der Waals surface area contributed by atoms with Gasteiger partial charge in [-0.05, 0) is 43.4 Å². The summed E-state index contributed by atoms with van der Waals surface area (Å²) in [5, 5.41) is 0. The maximum Gasteiger partial charge on any atom is 0.135 e. The first kappa shape index (κ1) is 13.9. The molecular formula is C17H21N3O. The Labute approximate surface area is 125 Å². The molecule has 110 valence electrons. The minimum atomic E-state index is 0.672. The van der Waals surface area contributed by atoms with E-state index in [1.807, 2.05) is 24.3 Å². The van der Waals surface area contributed by atoms with Crippen molar-refractivity contribution < 1.29 is 4.74 Å². The van der Waals surface area contributed by atoms with Crippen molar-refractivity contribution in [3.8, 4) is 5.75 Å². The molecular weight excluding hydrogens is 262 g/mol. The van der Waals surface area contributed by atoms with Gasteiger partial charge in [0.2, 0.25) is 0 Å². The van der Waals surface area contributed by atoms with Gasteiger partial charge in [0.15, 0.2) is 0 Å². The van der Waals surface area contributed by atoms with Crippen molar-refractivity contribution in [2.45, 2.75) is 38.5 Å². The van der Waals surface area contributed by atoms with E-state index in [1.54, 1.807) is 7.11 Å². The minimum absolute atomic E-state index is 0.672. The molecule has 2 aromatic rings. The second-order valence-corrected chi connectivity index (χ2v) is 5.54. The van der Waals surface area contributed by atoms with Crippen LogP contribution in [0.2, 0.25) is 0 Å². The smallest absolute Gasteiger partial charge is 0.135 e. The predicted molar refractivity (Wildman–Crippen MR) is 83.5 cm³/mol. The van der Waals surface area contributed by atoms with Gasteiger partial charge >= 0.3 is 0 Å². The SMILES string of the molecule is COc1ccc(Cc2nc(N)c3c(n2)CCCCC3)cc1. The van der Waals surface area contributed by atoms with Crippen LogP contribution in [0.25, 0.3) is 0 Å². The molecule has 1 heterocycles. The zero-order chi connectivity index (χ0) is 14.7. The van der Waals surface area contributed by atoms with Crippen LogP contribution >= 0.6 is 0 Å². The number of fused-ring (bicyclic) bond motifs is 1. The van der Waals surface area contributed by atoms with Gasteiger partial charge in [0.05, 0.1) is 7.11 Å². The van der Waals surface area contributed by atoms with Crippen LogP contribution in [-0.4, -0.2) is 17.1 Å². The molecule has 4 nitrogen and oxygen atoms in total. The van der Waals surface area contributed by atoms with Gasteiger partial charge < -0.3 is 10.5 Å². The molecule has 0 saturated carbocycles. The molecule has 2 N–H and O–H groups in total. The lowest BCUT2D eigenvalue weighted by Gasteiger charge is -2.10. The quantitative estimate of drug-likeness (QED) is 0.880. The molecule has 0 bridgehead atoms. The maximum atomic E-state index is 6.14. The molecule has 0 saturated heterocycles. The van der Waals surface area contributed by atoms with Crippen molar-refractivity contribution in [1.29, 1.82) is 0 Å². The van der Waals surface area contributed by atoms with E-state index in [2.05, 4.69) is 4.98 Å². The lowest BCUT2D eigenvalue weighted by atomic mass is 10.1. The molecule has 21 heavy (non-hydrogen) atoms. The average molecular weight is 283 g/mol. The van der Waals surface area contributed by atoms with Crippen LogP contribution in [0.1, 0.15) is 41.9 Å². The summed E-state index contributed by atoms with van der Waals surface area (Å²) in [6.45, 7) is 0. The summed E-state index contributed by atoms with van der Waals surface area (Å²) in [6.07, 6.45) is 6.40. The summed E-state index contributed by atoms with van der Waals surface area (Å²) in [4.78, 5) is 9.25. The van der Waals surface area contributed by atoms with Crippen molar-refractivity contribution in [2.24, 2.45) is 0 Å². The van der Waals surface area contributed by atoms with Gasteiger partial charge in [-0.3, -0.25) is 0 Å². The van der Waals surface area contributed by atoms with Crippen molar-refractivity contribution in [1.82, 2.24) is 9.97 Å². The van der Waals surface area contributed by atoms with Crippen LogP contribution in [0.15, 0.2) is 24.3 Å². The maximum absolute atomic E-state index is 6.14. The van der Waals surface area contributed by atoms with Gasteiger partial charge in [0.25, 0.3) is 0 Å². The Morgan fingerprint density at radius 2 is 1.81 bits per heavy atom. The number of aromatic nitrogens is 2. The molecule has 0 amide bonds. The normalized spacial score (nSPS) is 14.3. The van der Waals surface area contributed by atoms with E-state index < -0.39 is 0 Å². The Hall–Kier alpha value is -2.10. The fourth-order valence-electron chi connectivity index (χ4n) is 2.86. The van der Waals surface area contributed by atoms with Crippen molar-refractivity contribution in [3.05, 3.63) is 46.9 Å². The third-order valence-corrected chi connectivity index (χ3v) is 4.03. The third kappa shape index (κ3) is 3.15. The molecule has 0 aliphatic heterocycles. The zero-order valence-corrected chi connectivity index (χ0v) is 12.4. The number of hydrogen-bond donors (Lipinski definition) is 1. The fraction of sp³-hybridized carbons (Fsp3) is 0.412. The molecule has 1 aromatic carbocycles. The summed E-state index contributed by atoms with van der Waals surface area (Å²) in [5.41, 5.74) is 9.64. The molecule has 1 aliphatic carbocycles. The van der Waals surface area contributed by atoms with Gasteiger partial charge in [0.1, 0.15) is 17.4 Å². The highest BCUT2D eigenvalue weighted by atomic mass is 16.5. The standard InChI is InChI=1S/C17H21N3O/c1-21-13-9-7-12(8-10-13)11-16-19-15-6-4-2-3-5-14(15)17(18)20-16/h7-10H,2-6,11H2,1H3,(H2,18,19,20). The second-order valence-electron chi connectivity index (χ2n) is 5.54. The average Bonchev–Trinajstić information content (AvgIpc) is 2.74. The second kappa shape index (κ2) is 6.12. The Balaban J connectivity index is 1.85. The number of nitrogens with zero attached hydrogens (tertiary/aromatic N) is 2. The summed E-state index contributed by atoms with van der Waals surface area (Å²) >= 11 is 0. The summed E-state index contributed by atoms with van der Waals surface area (Å²) in [6, 6.07) is 8.01. The molecule has 3 rings (SSSR count). The largest absolute Gasteiger partial charge is 0.497 e. The molecule has 0 fully saturated rings. The number of benzene rings is 1. The summed E-state index contributed by atoms with van der Waals surface area (Å²) in [5.74, 6) is 2.35. The Kier molecular flexibility index (Phi) is 4.04. The zero-order valence-electron chi connectivity index (χ0n) is 12.4. The first-order chi connectivity index (χ1) is 10.3. The first-order valence-electron chi connectivity index (χ1n) is 7.53. The fourth-order valence-corrected chi connectivity index (χ4v) is 2.86. The topological polar surface area (TPSA) is 61.0 Å². The number of nitrogens with two attached hydrogens (primary N) is 1. The highest BCUT2D eigenvalue weighted by molar-refractivity contribution is 5.43. The molecule has 0 unspecified atom stereocenters. The molecule has 0 spiro atoms. The molecule has 0 radical (unpaired) electrons. The van der Waals surface area contributed by atoms with Gasteiger partial charge in [-0.15, -0.1) is 0 Å². The number of hydrogen-bond acceptors (Lipinski definition) is 4. The highest BCUT2D eigenvalue weighted by Gasteiger charge is 2.15. The number of rotatable bonds is 3. The van der Waals surface area contributed by atoms with E-state index in [4.69, 9.17) is 15.5 Å². The molecule has 1 aromatic heterocycles. The van der Waals surface area contributed by atoms with Gasteiger partial charge in [-0.2, -0.15) is 0 Å². The lowest BCUT2D eigenvalue weighted by molar-refractivity contribution is 0.414. The van der Waals surface area contributed by atoms with Gasteiger partial charge in [-0.25, -0.2) is 9.97 Å². The Bertz CT molecular complexity index is 623. The van der Waals surface area contributed by atoms with Gasteiger partial charge in [-0.1, -0.05) is 18.6 Å². The molecule has 0 atom stereocenters. The third-order valence-electron chi connectivity index (χ3n) is 4.03. The Morgan fingerprint density at radius 3 is 2.57 bits per heavy atom. The number of nitrogen functional groups attached to an aromatic ring is 1. The van der Waals surface area contributed by atoms with E-state index in [1.165, 1.54) is 30.4 Å². The van der Waals surface area contributed by atoms with E-state index in [0.717, 1.165) is 30.1 Å². The van der Waals surface area contributed by atoms with Crippen LogP contribution in [0.4, 0.5) is 5.82 Å².